The first-order valence-corrected chi connectivity index (χ1v) is 6.86. The Hall–Kier alpha value is -1.78. The van der Waals surface area contributed by atoms with Gasteiger partial charge in [-0.1, -0.05) is 17.7 Å². The average molecular weight is 342 g/mol. The third-order valence-electron chi connectivity index (χ3n) is 2.77. The highest BCUT2D eigenvalue weighted by atomic mass is 35.5. The second-order valence-electron chi connectivity index (χ2n) is 5.00. The molecule has 22 heavy (non-hydrogen) atoms. The number of carbonyl (C=O) groups excluding carboxylic acids is 1. The van der Waals surface area contributed by atoms with Crippen LogP contribution in [0.1, 0.15) is 19.4 Å². The third kappa shape index (κ3) is 5.20. The molecular weight excluding hydrogens is 325 g/mol. The van der Waals surface area contributed by atoms with E-state index in [-0.39, 0.29) is 19.0 Å². The standard InChI is InChI=1S/C16H16ClNO3.ClH/c1-16(2,21-14-7-5-13(17)6-8-14)15(19)20-11-12-4-3-9-18-10-12;/h3-10H,11H2,1-2H3;1H. The van der Waals surface area contributed by atoms with Gasteiger partial charge in [-0.15, -0.1) is 12.4 Å². The Morgan fingerprint density at radius 3 is 2.50 bits per heavy atom. The molecule has 0 saturated carbocycles. The van der Waals surface area contributed by atoms with Crippen LogP contribution in [0.2, 0.25) is 5.02 Å². The Bertz CT molecular complexity index is 601. The van der Waals surface area contributed by atoms with Gasteiger partial charge < -0.3 is 9.47 Å². The summed E-state index contributed by atoms with van der Waals surface area (Å²) in [4.78, 5) is 16.1. The molecule has 0 fully saturated rings. The van der Waals surface area contributed by atoms with E-state index in [0.717, 1.165) is 5.56 Å². The summed E-state index contributed by atoms with van der Waals surface area (Å²) in [6.45, 7) is 3.49. The van der Waals surface area contributed by atoms with Gasteiger partial charge >= 0.3 is 5.97 Å². The number of hydrogen-bond acceptors (Lipinski definition) is 4. The SMILES string of the molecule is CC(C)(Oc1ccc(Cl)cc1)C(=O)OCc1cccnc1.Cl. The molecule has 1 aromatic carbocycles. The zero-order valence-electron chi connectivity index (χ0n) is 12.3. The quantitative estimate of drug-likeness (QED) is 0.769. The van der Waals surface area contributed by atoms with Crippen molar-refractivity contribution < 1.29 is 14.3 Å². The first kappa shape index (κ1) is 18.3. The van der Waals surface area contributed by atoms with E-state index in [9.17, 15) is 4.79 Å². The highest BCUT2D eigenvalue weighted by Crippen LogP contribution is 2.22. The fraction of sp³-hybridized carbons (Fsp3) is 0.250. The number of rotatable bonds is 5. The maximum Gasteiger partial charge on any atom is 0.350 e. The Morgan fingerprint density at radius 2 is 1.91 bits per heavy atom. The van der Waals surface area contributed by atoms with Gasteiger partial charge in [0, 0.05) is 23.0 Å². The Balaban J connectivity index is 0.00000242. The van der Waals surface area contributed by atoms with Gasteiger partial charge in [-0.2, -0.15) is 0 Å². The molecule has 0 amide bonds. The molecule has 4 nitrogen and oxygen atoms in total. The van der Waals surface area contributed by atoms with Crippen LogP contribution in [0.15, 0.2) is 48.8 Å². The fourth-order valence-electron chi connectivity index (χ4n) is 1.65. The van der Waals surface area contributed by atoms with Crippen molar-refractivity contribution in [3.05, 3.63) is 59.4 Å². The van der Waals surface area contributed by atoms with Gasteiger partial charge in [0.1, 0.15) is 12.4 Å². The van der Waals surface area contributed by atoms with Crippen LogP contribution in [0.4, 0.5) is 0 Å². The predicted octanol–water partition coefficient (Wildman–Crippen LogP) is 4.06. The van der Waals surface area contributed by atoms with Crippen LogP contribution >= 0.6 is 24.0 Å². The molecule has 6 heteroatoms. The molecule has 1 aromatic heterocycles. The molecule has 118 valence electrons. The van der Waals surface area contributed by atoms with Gasteiger partial charge in [-0.05, 0) is 44.2 Å². The second-order valence-corrected chi connectivity index (χ2v) is 5.44. The summed E-state index contributed by atoms with van der Waals surface area (Å²) < 4.78 is 10.9. The van der Waals surface area contributed by atoms with Crippen LogP contribution in [-0.4, -0.2) is 16.6 Å². The Kier molecular flexibility index (Phi) is 6.65. The normalized spacial score (nSPS) is 10.5. The largest absolute Gasteiger partial charge is 0.476 e. The molecule has 0 atom stereocenters. The average Bonchev–Trinajstić information content (AvgIpc) is 2.48. The first-order chi connectivity index (χ1) is 9.97. The van der Waals surface area contributed by atoms with Gasteiger partial charge in [0.05, 0.1) is 0 Å². The van der Waals surface area contributed by atoms with E-state index in [2.05, 4.69) is 4.98 Å². The Morgan fingerprint density at radius 1 is 1.23 bits per heavy atom. The lowest BCUT2D eigenvalue weighted by atomic mass is 10.1. The smallest absolute Gasteiger partial charge is 0.350 e. The van der Waals surface area contributed by atoms with Crippen LogP contribution in [-0.2, 0) is 16.1 Å². The number of aromatic nitrogens is 1. The van der Waals surface area contributed by atoms with E-state index in [1.165, 1.54) is 0 Å². The van der Waals surface area contributed by atoms with Crippen molar-refractivity contribution >= 4 is 30.0 Å². The van der Waals surface area contributed by atoms with E-state index in [1.54, 1.807) is 56.6 Å². The lowest BCUT2D eigenvalue weighted by Gasteiger charge is -2.24. The summed E-state index contributed by atoms with van der Waals surface area (Å²) >= 11 is 5.81. The molecule has 0 saturated heterocycles. The summed E-state index contributed by atoms with van der Waals surface area (Å²) in [5, 5.41) is 0.610. The predicted molar refractivity (Wildman–Crippen MR) is 87.4 cm³/mol. The zero-order valence-corrected chi connectivity index (χ0v) is 13.9. The minimum absolute atomic E-state index is 0. The zero-order chi connectivity index (χ0) is 15.3. The summed E-state index contributed by atoms with van der Waals surface area (Å²) in [6.07, 6.45) is 3.32. The van der Waals surface area contributed by atoms with Crippen LogP contribution in [0.3, 0.4) is 0 Å². The van der Waals surface area contributed by atoms with E-state index >= 15 is 0 Å². The van der Waals surface area contributed by atoms with Gasteiger partial charge in [0.2, 0.25) is 0 Å². The Labute approximate surface area is 140 Å². The number of esters is 1. The van der Waals surface area contributed by atoms with Crippen molar-refractivity contribution in [2.24, 2.45) is 0 Å². The molecule has 0 aliphatic carbocycles. The number of halogens is 2. The monoisotopic (exact) mass is 341 g/mol. The van der Waals surface area contributed by atoms with Crippen LogP contribution in [0.25, 0.3) is 0 Å². The highest BCUT2D eigenvalue weighted by molar-refractivity contribution is 6.30. The molecule has 0 unspecified atom stereocenters. The number of nitrogens with zero attached hydrogens (tertiary/aromatic N) is 1. The van der Waals surface area contributed by atoms with Crippen LogP contribution < -0.4 is 4.74 Å². The molecule has 0 N–H and O–H groups in total. The molecular formula is C16H17Cl2NO3. The molecule has 1 heterocycles. The topological polar surface area (TPSA) is 48.4 Å². The summed E-state index contributed by atoms with van der Waals surface area (Å²) in [7, 11) is 0. The fourth-order valence-corrected chi connectivity index (χ4v) is 1.77. The number of ether oxygens (including phenoxy) is 2. The number of pyridine rings is 1. The van der Waals surface area contributed by atoms with E-state index in [4.69, 9.17) is 21.1 Å². The number of benzene rings is 1. The van der Waals surface area contributed by atoms with Crippen molar-refractivity contribution in [2.45, 2.75) is 26.1 Å². The second kappa shape index (κ2) is 8.01. The van der Waals surface area contributed by atoms with Crippen LogP contribution in [0, 0.1) is 0 Å². The maximum absolute atomic E-state index is 12.1. The van der Waals surface area contributed by atoms with Crippen molar-refractivity contribution in [2.75, 3.05) is 0 Å². The van der Waals surface area contributed by atoms with Crippen molar-refractivity contribution in [1.82, 2.24) is 4.98 Å². The van der Waals surface area contributed by atoms with E-state index in [0.29, 0.717) is 10.8 Å². The van der Waals surface area contributed by atoms with Gasteiger partial charge in [0.15, 0.2) is 5.60 Å². The molecule has 0 bridgehead atoms. The maximum atomic E-state index is 12.1. The molecule has 0 aliphatic heterocycles. The van der Waals surface area contributed by atoms with Gasteiger partial charge in [-0.3, -0.25) is 4.98 Å². The van der Waals surface area contributed by atoms with E-state index < -0.39 is 11.6 Å². The molecule has 0 aliphatic rings. The summed E-state index contributed by atoms with van der Waals surface area (Å²) in [6, 6.07) is 10.4. The first-order valence-electron chi connectivity index (χ1n) is 6.48. The lowest BCUT2D eigenvalue weighted by molar-refractivity contribution is -0.160. The minimum atomic E-state index is -1.09. The third-order valence-corrected chi connectivity index (χ3v) is 3.02. The molecule has 0 radical (unpaired) electrons. The molecule has 2 rings (SSSR count). The molecule has 2 aromatic rings. The van der Waals surface area contributed by atoms with Crippen molar-refractivity contribution in [3.8, 4) is 5.75 Å². The van der Waals surface area contributed by atoms with Crippen molar-refractivity contribution in [1.29, 1.82) is 0 Å². The number of carbonyl (C=O) groups is 1. The van der Waals surface area contributed by atoms with Gasteiger partial charge in [-0.25, -0.2) is 4.79 Å². The highest BCUT2D eigenvalue weighted by Gasteiger charge is 2.31. The summed E-state index contributed by atoms with van der Waals surface area (Å²) in [5.74, 6) is 0.115. The van der Waals surface area contributed by atoms with Crippen LogP contribution in [0.5, 0.6) is 5.75 Å². The van der Waals surface area contributed by atoms with Crippen molar-refractivity contribution in [3.63, 3.8) is 0 Å². The number of hydrogen-bond donors (Lipinski definition) is 0. The summed E-state index contributed by atoms with van der Waals surface area (Å²) in [5.41, 5.74) is -0.260. The van der Waals surface area contributed by atoms with Gasteiger partial charge in [0.25, 0.3) is 0 Å². The molecule has 0 spiro atoms. The van der Waals surface area contributed by atoms with E-state index in [1.807, 2.05) is 6.07 Å². The minimum Gasteiger partial charge on any atom is -0.476 e. The lowest BCUT2D eigenvalue weighted by Crippen LogP contribution is -2.39.